The molecule has 0 aliphatic carbocycles. The van der Waals surface area contributed by atoms with Gasteiger partial charge in [0.2, 0.25) is 0 Å². The van der Waals surface area contributed by atoms with Crippen LogP contribution in [0.4, 0.5) is 0 Å². The summed E-state index contributed by atoms with van der Waals surface area (Å²) in [6, 6.07) is 0. The Morgan fingerprint density at radius 3 is 2.20 bits per heavy atom. The van der Waals surface area contributed by atoms with E-state index in [1.807, 2.05) is 0 Å². The number of hydrogen-bond acceptors (Lipinski definition) is 3. The molecule has 0 heterocycles. The fourth-order valence-electron chi connectivity index (χ4n) is 1.58. The van der Waals surface area contributed by atoms with Crippen molar-refractivity contribution in [3.63, 3.8) is 0 Å². The van der Waals surface area contributed by atoms with Crippen molar-refractivity contribution in [2.75, 3.05) is 6.61 Å². The fourth-order valence-corrected chi connectivity index (χ4v) is 1.58. The molecule has 0 saturated heterocycles. The Labute approximate surface area is 122 Å². The van der Waals surface area contributed by atoms with Crippen molar-refractivity contribution in [1.29, 1.82) is 0 Å². The lowest BCUT2D eigenvalue weighted by Gasteiger charge is -2.13. The van der Waals surface area contributed by atoms with Crippen molar-refractivity contribution in [3.8, 4) is 0 Å². The standard InChI is InChI=1S/C11H20O2.C5H8O2/c1-4-6-7-10(5-2)8-9(3)11(12)13;1-3-5(6)7-4-2/h10H,3-8H2,1-2H3,(H,12,13);3H,1,4H2,2H3. The summed E-state index contributed by atoms with van der Waals surface area (Å²) in [6.45, 7) is 13.2. The molecule has 0 fully saturated rings. The molecule has 0 spiro atoms. The number of rotatable bonds is 9. The van der Waals surface area contributed by atoms with Crippen LogP contribution in [-0.4, -0.2) is 23.7 Å². The predicted molar refractivity (Wildman–Crippen MR) is 81.5 cm³/mol. The predicted octanol–water partition coefficient (Wildman–Crippen LogP) is 3.97. The Bertz CT molecular complexity index is 308. The molecule has 20 heavy (non-hydrogen) atoms. The summed E-state index contributed by atoms with van der Waals surface area (Å²) in [5.74, 6) is -0.707. The number of carboxylic acid groups (broad SMARTS) is 1. The minimum absolute atomic E-state index is 0.350. The molecule has 0 saturated carbocycles. The molecule has 116 valence electrons. The second kappa shape index (κ2) is 13.8. The maximum Gasteiger partial charge on any atom is 0.330 e. The van der Waals surface area contributed by atoms with Gasteiger partial charge < -0.3 is 9.84 Å². The molecular weight excluding hydrogens is 256 g/mol. The highest BCUT2D eigenvalue weighted by Crippen LogP contribution is 2.20. The van der Waals surface area contributed by atoms with Gasteiger partial charge in [0.1, 0.15) is 0 Å². The van der Waals surface area contributed by atoms with Gasteiger partial charge in [-0.1, -0.05) is 52.7 Å². The van der Waals surface area contributed by atoms with Crippen molar-refractivity contribution in [1.82, 2.24) is 0 Å². The van der Waals surface area contributed by atoms with Crippen LogP contribution in [0.5, 0.6) is 0 Å². The third kappa shape index (κ3) is 12.9. The number of aliphatic carboxylic acids is 1. The highest BCUT2D eigenvalue weighted by atomic mass is 16.5. The lowest BCUT2D eigenvalue weighted by Crippen LogP contribution is -2.06. The van der Waals surface area contributed by atoms with Gasteiger partial charge in [0, 0.05) is 11.6 Å². The maximum atomic E-state index is 10.5. The van der Waals surface area contributed by atoms with E-state index in [-0.39, 0.29) is 5.97 Å². The zero-order valence-electron chi connectivity index (χ0n) is 13.0. The van der Waals surface area contributed by atoms with E-state index in [9.17, 15) is 9.59 Å². The number of ether oxygens (including phenoxy) is 1. The maximum absolute atomic E-state index is 10.5. The largest absolute Gasteiger partial charge is 0.478 e. The smallest absolute Gasteiger partial charge is 0.330 e. The number of hydrogen-bond donors (Lipinski definition) is 1. The minimum Gasteiger partial charge on any atom is -0.478 e. The van der Waals surface area contributed by atoms with Gasteiger partial charge in [-0.2, -0.15) is 0 Å². The topological polar surface area (TPSA) is 63.6 Å². The van der Waals surface area contributed by atoms with E-state index in [0.717, 1.165) is 18.9 Å². The molecule has 4 heteroatoms. The first-order chi connectivity index (χ1) is 9.42. The number of carboxylic acids is 1. The van der Waals surface area contributed by atoms with Gasteiger partial charge in [-0.15, -0.1) is 0 Å². The number of carbonyl (C=O) groups excluding carboxylic acids is 1. The molecule has 1 atom stereocenters. The SMILES string of the molecule is C=C(CC(CC)CCCC)C(=O)O.C=CC(=O)OCC. The fraction of sp³-hybridized carbons (Fsp3) is 0.625. The molecular formula is C16H28O4. The number of carbonyl (C=O) groups is 2. The zero-order chi connectivity index (χ0) is 16.0. The molecule has 0 aromatic heterocycles. The van der Waals surface area contributed by atoms with Crippen LogP contribution < -0.4 is 0 Å². The average molecular weight is 284 g/mol. The lowest BCUT2D eigenvalue weighted by molar-refractivity contribution is -0.137. The quantitative estimate of drug-likeness (QED) is 0.514. The van der Waals surface area contributed by atoms with E-state index in [1.165, 1.54) is 12.8 Å². The van der Waals surface area contributed by atoms with Crippen molar-refractivity contribution >= 4 is 11.9 Å². The van der Waals surface area contributed by atoms with Gasteiger partial charge in [-0.05, 0) is 19.3 Å². The molecule has 0 aliphatic heterocycles. The van der Waals surface area contributed by atoms with Gasteiger partial charge in [-0.25, -0.2) is 9.59 Å². The molecule has 0 aromatic carbocycles. The van der Waals surface area contributed by atoms with E-state index in [1.54, 1.807) is 6.92 Å². The molecule has 1 unspecified atom stereocenters. The first-order valence-corrected chi connectivity index (χ1v) is 7.12. The van der Waals surface area contributed by atoms with E-state index in [2.05, 4.69) is 31.7 Å². The van der Waals surface area contributed by atoms with Crippen LogP contribution in [-0.2, 0) is 14.3 Å². The molecule has 0 amide bonds. The van der Waals surface area contributed by atoms with E-state index < -0.39 is 5.97 Å². The Kier molecular flexibility index (Phi) is 14.3. The Balaban J connectivity index is 0. The van der Waals surface area contributed by atoms with Crippen molar-refractivity contribution < 1.29 is 19.4 Å². The normalized spacial score (nSPS) is 10.8. The van der Waals surface area contributed by atoms with Crippen LogP contribution in [0.25, 0.3) is 0 Å². The second-order valence-electron chi connectivity index (χ2n) is 4.49. The van der Waals surface area contributed by atoms with Crippen LogP contribution >= 0.6 is 0 Å². The van der Waals surface area contributed by atoms with Crippen LogP contribution in [0.2, 0.25) is 0 Å². The minimum atomic E-state index is -0.852. The van der Waals surface area contributed by atoms with Crippen molar-refractivity contribution in [2.24, 2.45) is 5.92 Å². The van der Waals surface area contributed by atoms with Crippen LogP contribution in [0.15, 0.2) is 24.8 Å². The first kappa shape index (κ1) is 20.7. The third-order valence-corrected chi connectivity index (χ3v) is 2.83. The zero-order valence-corrected chi connectivity index (χ0v) is 13.0. The lowest BCUT2D eigenvalue weighted by atomic mass is 9.92. The Morgan fingerprint density at radius 2 is 1.90 bits per heavy atom. The summed E-state index contributed by atoms with van der Waals surface area (Å²) in [5.41, 5.74) is 0.350. The molecule has 0 radical (unpaired) electrons. The van der Waals surface area contributed by atoms with E-state index in [4.69, 9.17) is 5.11 Å². The summed E-state index contributed by atoms with van der Waals surface area (Å²) < 4.78 is 4.43. The van der Waals surface area contributed by atoms with E-state index in [0.29, 0.717) is 24.5 Å². The van der Waals surface area contributed by atoms with Gasteiger partial charge >= 0.3 is 11.9 Å². The van der Waals surface area contributed by atoms with E-state index >= 15 is 0 Å². The van der Waals surface area contributed by atoms with Gasteiger partial charge in [0.05, 0.1) is 6.61 Å². The molecule has 0 bridgehead atoms. The number of unbranched alkanes of at least 4 members (excludes halogenated alkanes) is 1. The molecule has 0 rings (SSSR count). The van der Waals surface area contributed by atoms with Crippen LogP contribution in [0.3, 0.4) is 0 Å². The molecule has 4 nitrogen and oxygen atoms in total. The van der Waals surface area contributed by atoms with Crippen molar-refractivity contribution in [3.05, 3.63) is 24.8 Å². The summed E-state index contributed by atoms with van der Waals surface area (Å²) >= 11 is 0. The van der Waals surface area contributed by atoms with Crippen LogP contribution in [0.1, 0.15) is 52.9 Å². The van der Waals surface area contributed by atoms with Crippen LogP contribution in [0, 0.1) is 5.92 Å². The molecule has 0 aliphatic rings. The summed E-state index contributed by atoms with van der Waals surface area (Å²) in [7, 11) is 0. The molecule has 0 aromatic rings. The van der Waals surface area contributed by atoms with Gasteiger partial charge in [0.25, 0.3) is 0 Å². The van der Waals surface area contributed by atoms with Gasteiger partial charge in [-0.3, -0.25) is 0 Å². The molecule has 1 N–H and O–H groups in total. The van der Waals surface area contributed by atoms with Crippen molar-refractivity contribution in [2.45, 2.75) is 52.9 Å². The monoisotopic (exact) mass is 284 g/mol. The summed E-state index contributed by atoms with van der Waals surface area (Å²) in [5, 5.41) is 8.65. The first-order valence-electron chi connectivity index (χ1n) is 7.12. The third-order valence-electron chi connectivity index (χ3n) is 2.83. The number of esters is 1. The second-order valence-corrected chi connectivity index (χ2v) is 4.49. The average Bonchev–Trinajstić information content (AvgIpc) is 2.43. The Morgan fingerprint density at radius 1 is 1.30 bits per heavy atom. The summed E-state index contributed by atoms with van der Waals surface area (Å²) in [6.07, 6.45) is 6.32. The summed E-state index contributed by atoms with van der Waals surface area (Å²) in [4.78, 5) is 20.6. The van der Waals surface area contributed by atoms with Gasteiger partial charge in [0.15, 0.2) is 0 Å². The Hall–Kier alpha value is -1.58. The highest BCUT2D eigenvalue weighted by molar-refractivity contribution is 5.85. The highest BCUT2D eigenvalue weighted by Gasteiger charge is 2.11.